The molecule has 20 heavy (non-hydrogen) atoms. The molecule has 98 valence electrons. The average molecular weight is 327 g/mol. The average Bonchev–Trinajstić information content (AvgIpc) is 2.73. The molecule has 0 amide bonds. The minimum atomic E-state index is 0.516. The van der Waals surface area contributed by atoms with Crippen LogP contribution in [0.5, 0.6) is 0 Å². The molecule has 0 aliphatic heterocycles. The van der Waals surface area contributed by atoms with Crippen LogP contribution in [0.2, 0.25) is 0 Å². The maximum atomic E-state index is 9.36. The van der Waals surface area contributed by atoms with Crippen LogP contribution in [-0.2, 0) is 0 Å². The van der Waals surface area contributed by atoms with Crippen molar-refractivity contribution >= 4 is 26.8 Å². The zero-order valence-electron chi connectivity index (χ0n) is 11.1. The minimum Gasteiger partial charge on any atom is -0.227 e. The number of nitriles is 1. The van der Waals surface area contributed by atoms with Gasteiger partial charge in [-0.1, -0.05) is 18.2 Å². The number of pyridine rings is 1. The summed E-state index contributed by atoms with van der Waals surface area (Å²) in [6.45, 7) is 3.86. The number of hydrogen-bond acceptors (Lipinski definition) is 3. The van der Waals surface area contributed by atoms with Crippen molar-refractivity contribution in [1.29, 1.82) is 5.26 Å². The largest absolute Gasteiger partial charge is 0.227 e. The van der Waals surface area contributed by atoms with Gasteiger partial charge in [0.2, 0.25) is 0 Å². The maximum absolute atomic E-state index is 9.36. The fourth-order valence-corrected chi connectivity index (χ4v) is 2.43. The lowest BCUT2D eigenvalue weighted by molar-refractivity contribution is 0.807. The normalized spacial score (nSPS) is 10.7. The summed E-state index contributed by atoms with van der Waals surface area (Å²) in [6.07, 6.45) is 0. The molecule has 0 N–H and O–H groups in total. The van der Waals surface area contributed by atoms with E-state index in [9.17, 15) is 5.26 Å². The van der Waals surface area contributed by atoms with E-state index in [1.807, 2.05) is 44.2 Å². The molecule has 5 heteroatoms. The first-order valence-electron chi connectivity index (χ1n) is 6.14. The summed E-state index contributed by atoms with van der Waals surface area (Å²) in [5, 5.41) is 14.8. The maximum Gasteiger partial charge on any atom is 0.172 e. The lowest BCUT2D eigenvalue weighted by Crippen LogP contribution is -2.05. The fourth-order valence-electron chi connectivity index (χ4n) is 2.18. The molecular weight excluding hydrogens is 316 g/mol. The van der Waals surface area contributed by atoms with Gasteiger partial charge >= 0.3 is 0 Å². The van der Waals surface area contributed by atoms with Gasteiger partial charge in [0.25, 0.3) is 0 Å². The summed E-state index contributed by atoms with van der Waals surface area (Å²) < 4.78 is 2.65. The van der Waals surface area contributed by atoms with Gasteiger partial charge in [-0.3, -0.25) is 0 Å². The molecule has 0 radical (unpaired) electrons. The first-order chi connectivity index (χ1) is 9.61. The lowest BCUT2D eigenvalue weighted by Gasteiger charge is -2.07. The molecule has 1 aromatic carbocycles. The third-order valence-corrected chi connectivity index (χ3v) is 4.38. The Labute approximate surface area is 124 Å². The number of aromatic nitrogens is 3. The predicted molar refractivity (Wildman–Crippen MR) is 80.8 cm³/mol. The molecule has 0 saturated heterocycles. The lowest BCUT2D eigenvalue weighted by atomic mass is 10.1. The zero-order valence-corrected chi connectivity index (χ0v) is 12.6. The molecule has 0 saturated carbocycles. The van der Waals surface area contributed by atoms with E-state index in [4.69, 9.17) is 0 Å². The predicted octanol–water partition coefficient (Wildman–Crippen LogP) is 3.67. The van der Waals surface area contributed by atoms with E-state index < -0.39 is 0 Å². The van der Waals surface area contributed by atoms with Gasteiger partial charge in [-0.15, -0.1) is 0 Å². The minimum absolute atomic E-state index is 0.516. The van der Waals surface area contributed by atoms with Crippen LogP contribution in [0, 0.1) is 25.2 Å². The van der Waals surface area contributed by atoms with Gasteiger partial charge in [-0.2, -0.15) is 10.4 Å². The molecule has 4 nitrogen and oxygen atoms in total. The van der Waals surface area contributed by atoms with Crippen LogP contribution < -0.4 is 0 Å². The van der Waals surface area contributed by atoms with Crippen LogP contribution in [-0.4, -0.2) is 14.8 Å². The number of benzene rings is 1. The molecular formula is C15H11BrN4. The van der Waals surface area contributed by atoms with Gasteiger partial charge in [-0.25, -0.2) is 9.67 Å². The molecule has 3 rings (SSSR count). The third kappa shape index (κ3) is 1.89. The van der Waals surface area contributed by atoms with Crippen LogP contribution in [0.3, 0.4) is 0 Å². The molecule has 0 aliphatic rings. The van der Waals surface area contributed by atoms with E-state index >= 15 is 0 Å². The van der Waals surface area contributed by atoms with Crippen LogP contribution in [0.25, 0.3) is 16.7 Å². The second-order valence-corrected chi connectivity index (χ2v) is 5.35. The van der Waals surface area contributed by atoms with Gasteiger partial charge in [0.05, 0.1) is 26.9 Å². The van der Waals surface area contributed by atoms with Crippen LogP contribution in [0.4, 0.5) is 0 Å². The van der Waals surface area contributed by atoms with Crippen LogP contribution in [0.15, 0.2) is 34.8 Å². The molecule has 0 atom stereocenters. The summed E-state index contributed by atoms with van der Waals surface area (Å²) in [5.74, 6) is 0.567. The highest BCUT2D eigenvalue weighted by atomic mass is 79.9. The molecule has 0 aliphatic carbocycles. The summed E-state index contributed by atoms with van der Waals surface area (Å²) in [4.78, 5) is 4.59. The van der Waals surface area contributed by atoms with E-state index in [1.54, 1.807) is 4.68 Å². The van der Waals surface area contributed by atoms with Gasteiger partial charge in [0.1, 0.15) is 6.07 Å². The van der Waals surface area contributed by atoms with E-state index in [1.165, 1.54) is 0 Å². The van der Waals surface area contributed by atoms with E-state index in [0.717, 1.165) is 26.8 Å². The SMILES string of the molecule is Cc1nn(-c2nc3ccccc3cc2C#N)c(C)c1Br. The Balaban J connectivity index is 2.35. The topological polar surface area (TPSA) is 54.5 Å². The van der Waals surface area contributed by atoms with Gasteiger partial charge in [0.15, 0.2) is 5.82 Å². The Kier molecular flexibility index (Phi) is 3.03. The smallest absolute Gasteiger partial charge is 0.172 e. The quantitative estimate of drug-likeness (QED) is 0.685. The summed E-state index contributed by atoms with van der Waals surface area (Å²) >= 11 is 3.50. The number of nitrogens with zero attached hydrogens (tertiary/aromatic N) is 4. The van der Waals surface area contributed by atoms with Crippen molar-refractivity contribution in [2.75, 3.05) is 0 Å². The Morgan fingerprint density at radius 3 is 2.65 bits per heavy atom. The highest BCUT2D eigenvalue weighted by Crippen LogP contribution is 2.25. The second kappa shape index (κ2) is 4.73. The first-order valence-corrected chi connectivity index (χ1v) is 6.93. The molecule has 0 spiro atoms. The van der Waals surface area contributed by atoms with Gasteiger partial charge in [-0.05, 0) is 41.9 Å². The summed E-state index contributed by atoms with van der Waals surface area (Å²) in [6, 6.07) is 11.8. The zero-order chi connectivity index (χ0) is 14.3. The number of hydrogen-bond donors (Lipinski definition) is 0. The summed E-state index contributed by atoms with van der Waals surface area (Å²) in [5.41, 5.74) is 3.18. The number of halogens is 1. The highest BCUT2D eigenvalue weighted by molar-refractivity contribution is 9.10. The van der Waals surface area contributed by atoms with E-state index in [0.29, 0.717) is 11.4 Å². The van der Waals surface area contributed by atoms with Gasteiger partial charge < -0.3 is 0 Å². The van der Waals surface area contributed by atoms with Gasteiger partial charge in [0, 0.05) is 5.39 Å². The summed E-state index contributed by atoms with van der Waals surface area (Å²) in [7, 11) is 0. The Morgan fingerprint density at radius 1 is 1.25 bits per heavy atom. The van der Waals surface area contributed by atoms with Crippen molar-refractivity contribution in [2.45, 2.75) is 13.8 Å². The monoisotopic (exact) mass is 326 g/mol. The molecule has 0 fully saturated rings. The van der Waals surface area contributed by atoms with Crippen molar-refractivity contribution in [3.63, 3.8) is 0 Å². The van der Waals surface area contributed by atoms with Crippen molar-refractivity contribution in [3.05, 3.63) is 51.8 Å². The molecule has 0 unspecified atom stereocenters. The number of para-hydroxylation sites is 1. The number of rotatable bonds is 1. The van der Waals surface area contributed by atoms with Crippen molar-refractivity contribution in [1.82, 2.24) is 14.8 Å². The number of fused-ring (bicyclic) bond motifs is 1. The molecule has 3 aromatic rings. The van der Waals surface area contributed by atoms with E-state index in [-0.39, 0.29) is 0 Å². The van der Waals surface area contributed by atoms with E-state index in [2.05, 4.69) is 32.1 Å². The van der Waals surface area contributed by atoms with Crippen LogP contribution in [0.1, 0.15) is 17.0 Å². The Morgan fingerprint density at radius 2 is 2.00 bits per heavy atom. The first kappa shape index (κ1) is 12.8. The second-order valence-electron chi connectivity index (χ2n) is 4.56. The standard InChI is InChI=1S/C15H11BrN4/c1-9-14(16)10(2)20(19-9)15-12(8-17)7-11-5-3-4-6-13(11)18-15/h3-7H,1-2H3. The number of aryl methyl sites for hydroxylation is 1. The Hall–Kier alpha value is -2.19. The Bertz CT molecular complexity index is 858. The third-order valence-electron chi connectivity index (χ3n) is 3.23. The fraction of sp³-hybridized carbons (Fsp3) is 0.133. The molecule has 2 aromatic heterocycles. The molecule has 2 heterocycles. The van der Waals surface area contributed by atoms with Crippen LogP contribution >= 0.6 is 15.9 Å². The van der Waals surface area contributed by atoms with Crippen molar-refractivity contribution in [3.8, 4) is 11.9 Å². The van der Waals surface area contributed by atoms with Crippen molar-refractivity contribution in [2.24, 2.45) is 0 Å². The highest BCUT2D eigenvalue weighted by Gasteiger charge is 2.15. The van der Waals surface area contributed by atoms with Crippen molar-refractivity contribution < 1.29 is 0 Å². The molecule has 0 bridgehead atoms.